The molecule has 1 aromatic carbocycles. The number of nitrogens with one attached hydrogen (secondary N) is 1. The summed E-state index contributed by atoms with van der Waals surface area (Å²) in [5.74, 6) is -1.91. The number of phenolic OH excluding ortho intramolecular Hbond substituents is 1. The van der Waals surface area contributed by atoms with E-state index in [1.165, 1.54) is 6.07 Å². The van der Waals surface area contributed by atoms with Gasteiger partial charge in [-0.1, -0.05) is 18.2 Å². The van der Waals surface area contributed by atoms with Gasteiger partial charge >= 0.3 is 5.97 Å². The molecule has 0 saturated heterocycles. The fraction of sp³-hybridized carbons (Fsp3) is 0.273. The SMILES string of the molecule is O=C(Cc1ccccc1O)N[C@H](CO)C(=O)O. The van der Waals surface area contributed by atoms with Crippen molar-refractivity contribution < 1.29 is 24.9 Å². The van der Waals surface area contributed by atoms with Crippen molar-refractivity contribution in [2.45, 2.75) is 12.5 Å². The van der Waals surface area contributed by atoms with Gasteiger partial charge in [-0.05, 0) is 6.07 Å². The number of hydrogen-bond donors (Lipinski definition) is 4. The molecule has 4 N–H and O–H groups in total. The molecule has 0 fully saturated rings. The Hall–Kier alpha value is -2.08. The van der Waals surface area contributed by atoms with Crippen LogP contribution in [0.4, 0.5) is 0 Å². The smallest absolute Gasteiger partial charge is 0.328 e. The lowest BCUT2D eigenvalue weighted by Gasteiger charge is -2.11. The zero-order valence-electron chi connectivity index (χ0n) is 8.96. The van der Waals surface area contributed by atoms with E-state index in [2.05, 4.69) is 5.32 Å². The van der Waals surface area contributed by atoms with E-state index in [0.717, 1.165) is 0 Å². The van der Waals surface area contributed by atoms with E-state index < -0.39 is 24.5 Å². The lowest BCUT2D eigenvalue weighted by molar-refractivity contribution is -0.142. The zero-order valence-corrected chi connectivity index (χ0v) is 8.96. The molecule has 1 rings (SSSR count). The highest BCUT2D eigenvalue weighted by molar-refractivity contribution is 5.85. The molecule has 6 nitrogen and oxygen atoms in total. The first-order valence-corrected chi connectivity index (χ1v) is 4.94. The van der Waals surface area contributed by atoms with Gasteiger partial charge in [0.05, 0.1) is 13.0 Å². The number of hydrogen-bond acceptors (Lipinski definition) is 4. The van der Waals surface area contributed by atoms with E-state index >= 15 is 0 Å². The molecule has 0 saturated carbocycles. The summed E-state index contributed by atoms with van der Waals surface area (Å²) in [5, 5.41) is 28.9. The largest absolute Gasteiger partial charge is 0.508 e. The molecule has 92 valence electrons. The number of carboxylic acids is 1. The van der Waals surface area contributed by atoms with Crippen LogP contribution in [0, 0.1) is 0 Å². The quantitative estimate of drug-likeness (QED) is 0.554. The van der Waals surface area contributed by atoms with E-state index in [4.69, 9.17) is 10.2 Å². The molecular formula is C11H13NO5. The maximum atomic E-state index is 11.4. The number of para-hydroxylation sites is 1. The molecule has 6 heteroatoms. The third-order valence-electron chi connectivity index (χ3n) is 2.16. The van der Waals surface area contributed by atoms with Crippen LogP contribution in [0.15, 0.2) is 24.3 Å². The molecule has 0 aliphatic rings. The Labute approximate surface area is 97.5 Å². The first kappa shape index (κ1) is 13.0. The van der Waals surface area contributed by atoms with Crippen LogP contribution in [-0.4, -0.2) is 39.8 Å². The van der Waals surface area contributed by atoms with Crippen molar-refractivity contribution >= 4 is 11.9 Å². The molecular weight excluding hydrogens is 226 g/mol. The average molecular weight is 239 g/mol. The number of benzene rings is 1. The van der Waals surface area contributed by atoms with Crippen LogP contribution in [0.2, 0.25) is 0 Å². The summed E-state index contributed by atoms with van der Waals surface area (Å²) >= 11 is 0. The Kier molecular flexibility index (Phi) is 4.47. The van der Waals surface area contributed by atoms with Gasteiger partial charge in [-0.15, -0.1) is 0 Å². The van der Waals surface area contributed by atoms with Gasteiger partial charge < -0.3 is 20.6 Å². The van der Waals surface area contributed by atoms with Crippen molar-refractivity contribution in [1.82, 2.24) is 5.32 Å². The zero-order chi connectivity index (χ0) is 12.8. The number of carboxylic acid groups (broad SMARTS) is 1. The summed E-state index contributed by atoms with van der Waals surface area (Å²) in [6, 6.07) is 4.94. The minimum Gasteiger partial charge on any atom is -0.508 e. The highest BCUT2D eigenvalue weighted by Gasteiger charge is 2.19. The van der Waals surface area contributed by atoms with Gasteiger partial charge in [0.25, 0.3) is 0 Å². The molecule has 1 amide bonds. The number of amides is 1. The lowest BCUT2D eigenvalue weighted by Crippen LogP contribution is -2.43. The summed E-state index contributed by atoms with van der Waals surface area (Å²) in [5.41, 5.74) is 0.395. The molecule has 0 aliphatic carbocycles. The van der Waals surface area contributed by atoms with E-state index in [1.807, 2.05) is 0 Å². The second kappa shape index (κ2) is 5.86. The van der Waals surface area contributed by atoms with Crippen molar-refractivity contribution in [3.05, 3.63) is 29.8 Å². The number of carbonyl (C=O) groups excluding carboxylic acids is 1. The Bertz CT molecular complexity index is 418. The number of aliphatic hydroxyl groups is 1. The van der Waals surface area contributed by atoms with Crippen LogP contribution < -0.4 is 5.32 Å². The Morgan fingerprint density at radius 3 is 2.47 bits per heavy atom. The topological polar surface area (TPSA) is 107 Å². The monoisotopic (exact) mass is 239 g/mol. The van der Waals surface area contributed by atoms with Crippen LogP contribution >= 0.6 is 0 Å². The summed E-state index contributed by atoms with van der Waals surface area (Å²) in [6.45, 7) is -0.679. The van der Waals surface area contributed by atoms with Gasteiger partial charge in [-0.2, -0.15) is 0 Å². The normalized spacial score (nSPS) is 11.8. The minimum atomic E-state index is -1.33. The Balaban J connectivity index is 2.61. The fourth-order valence-corrected chi connectivity index (χ4v) is 1.26. The van der Waals surface area contributed by atoms with Crippen LogP contribution in [0.3, 0.4) is 0 Å². The number of aliphatic hydroxyl groups excluding tert-OH is 1. The van der Waals surface area contributed by atoms with Gasteiger partial charge in [-0.3, -0.25) is 4.79 Å². The molecule has 0 heterocycles. The predicted octanol–water partition coefficient (Wildman–Crippen LogP) is -0.504. The first-order valence-electron chi connectivity index (χ1n) is 4.94. The van der Waals surface area contributed by atoms with E-state index in [1.54, 1.807) is 18.2 Å². The molecule has 1 atom stereocenters. The molecule has 0 radical (unpaired) electrons. The van der Waals surface area contributed by atoms with Gasteiger partial charge in [-0.25, -0.2) is 4.79 Å². The highest BCUT2D eigenvalue weighted by atomic mass is 16.4. The van der Waals surface area contributed by atoms with Crippen LogP contribution in [0.1, 0.15) is 5.56 Å². The Morgan fingerprint density at radius 1 is 1.29 bits per heavy atom. The summed E-state index contributed by atoms with van der Waals surface area (Å²) in [4.78, 5) is 22.0. The summed E-state index contributed by atoms with van der Waals surface area (Å²) in [6.07, 6.45) is -0.142. The molecule has 0 unspecified atom stereocenters. The van der Waals surface area contributed by atoms with Crippen LogP contribution in [-0.2, 0) is 16.0 Å². The van der Waals surface area contributed by atoms with E-state index in [-0.39, 0.29) is 12.2 Å². The van der Waals surface area contributed by atoms with Gasteiger partial charge in [0.2, 0.25) is 5.91 Å². The number of carbonyl (C=O) groups is 2. The lowest BCUT2D eigenvalue weighted by atomic mass is 10.1. The fourth-order valence-electron chi connectivity index (χ4n) is 1.26. The van der Waals surface area contributed by atoms with Crippen LogP contribution in [0.25, 0.3) is 0 Å². The van der Waals surface area contributed by atoms with Crippen molar-refractivity contribution in [2.24, 2.45) is 0 Å². The second-order valence-electron chi connectivity index (χ2n) is 3.45. The third kappa shape index (κ3) is 3.76. The van der Waals surface area contributed by atoms with Gasteiger partial charge in [0.1, 0.15) is 11.8 Å². The van der Waals surface area contributed by atoms with Crippen molar-refractivity contribution in [1.29, 1.82) is 0 Å². The average Bonchev–Trinajstić information content (AvgIpc) is 2.28. The third-order valence-corrected chi connectivity index (χ3v) is 2.16. The molecule has 0 aliphatic heterocycles. The van der Waals surface area contributed by atoms with Crippen molar-refractivity contribution in [3.8, 4) is 5.75 Å². The number of rotatable bonds is 5. The number of aromatic hydroxyl groups is 1. The molecule has 1 aromatic rings. The molecule has 0 spiro atoms. The van der Waals surface area contributed by atoms with Crippen molar-refractivity contribution in [3.63, 3.8) is 0 Å². The molecule has 17 heavy (non-hydrogen) atoms. The van der Waals surface area contributed by atoms with Gasteiger partial charge in [0.15, 0.2) is 0 Å². The van der Waals surface area contributed by atoms with E-state index in [0.29, 0.717) is 5.56 Å². The highest BCUT2D eigenvalue weighted by Crippen LogP contribution is 2.15. The molecule has 0 aromatic heterocycles. The standard InChI is InChI=1S/C11H13NO5/c13-6-8(11(16)17)12-10(15)5-7-3-1-2-4-9(7)14/h1-4,8,13-14H,5-6H2,(H,12,15)(H,16,17)/t8-/m1/s1. The van der Waals surface area contributed by atoms with Crippen LogP contribution in [0.5, 0.6) is 5.75 Å². The number of aliphatic carboxylic acids is 1. The van der Waals surface area contributed by atoms with Gasteiger partial charge in [0, 0.05) is 5.56 Å². The summed E-state index contributed by atoms with van der Waals surface area (Å²) in [7, 11) is 0. The molecule has 0 bridgehead atoms. The first-order chi connectivity index (χ1) is 8.04. The maximum absolute atomic E-state index is 11.4. The Morgan fingerprint density at radius 2 is 1.94 bits per heavy atom. The summed E-state index contributed by atoms with van der Waals surface area (Å²) < 4.78 is 0. The number of phenols is 1. The van der Waals surface area contributed by atoms with Crippen molar-refractivity contribution in [2.75, 3.05) is 6.61 Å². The van der Waals surface area contributed by atoms with E-state index in [9.17, 15) is 14.7 Å². The second-order valence-corrected chi connectivity index (χ2v) is 3.45. The maximum Gasteiger partial charge on any atom is 0.328 e. The minimum absolute atomic E-state index is 0.0291. The predicted molar refractivity (Wildman–Crippen MR) is 58.5 cm³/mol.